The summed E-state index contributed by atoms with van der Waals surface area (Å²) in [5, 5.41) is 26.4. The molecule has 4 heterocycles. The molecule has 0 aliphatic carbocycles. The van der Waals surface area contributed by atoms with Crippen LogP contribution < -0.4 is 5.32 Å². The van der Waals surface area contributed by atoms with Crippen LogP contribution in [0.4, 0.5) is 4.39 Å². The average Bonchev–Trinajstić information content (AvgIpc) is 3.58. The highest BCUT2D eigenvalue weighted by atomic mass is 32.1. The Labute approximate surface area is 248 Å². The largest absolute Gasteiger partial charge is 0.481 e. The summed E-state index contributed by atoms with van der Waals surface area (Å²) in [6, 6.07) is 3.96. The molecule has 1 aromatic carbocycles. The Morgan fingerprint density at radius 3 is 2.74 bits per heavy atom. The van der Waals surface area contributed by atoms with Crippen LogP contribution in [0.5, 0.6) is 0 Å². The number of esters is 1. The summed E-state index contributed by atoms with van der Waals surface area (Å²) in [7, 11) is 0. The van der Waals surface area contributed by atoms with E-state index >= 15 is 0 Å². The quantitative estimate of drug-likeness (QED) is 0.368. The molecule has 13 heteroatoms. The minimum absolute atomic E-state index is 0.0260. The molecule has 2 saturated heterocycles. The summed E-state index contributed by atoms with van der Waals surface area (Å²) in [6.45, 7) is 9.77. The number of carboxylic acids is 1. The summed E-state index contributed by atoms with van der Waals surface area (Å²) >= 11 is 1.41. The molecule has 3 unspecified atom stereocenters. The highest BCUT2D eigenvalue weighted by Gasteiger charge is 2.45. The predicted octanol–water partition coefficient (Wildman–Crippen LogP) is 2.19. The molecule has 0 saturated carbocycles. The number of aliphatic imine (C=N–C) groups is 1. The van der Waals surface area contributed by atoms with E-state index in [1.165, 1.54) is 17.4 Å². The number of amidine groups is 1. The number of rotatable bonds is 9. The number of nitrogens with zero attached hydrogens (tertiary/aromatic N) is 5. The summed E-state index contributed by atoms with van der Waals surface area (Å²) in [5.74, 6) is -1.32. The summed E-state index contributed by atoms with van der Waals surface area (Å²) in [5.41, 5.74) is 0.913. The van der Waals surface area contributed by atoms with Gasteiger partial charge in [0, 0.05) is 62.6 Å². The van der Waals surface area contributed by atoms with Gasteiger partial charge in [0.25, 0.3) is 0 Å². The minimum atomic E-state index is -1.00. The van der Waals surface area contributed by atoms with E-state index in [0.717, 1.165) is 0 Å². The first-order valence-electron chi connectivity index (χ1n) is 14.0. The van der Waals surface area contributed by atoms with Crippen LogP contribution in [0.1, 0.15) is 42.9 Å². The van der Waals surface area contributed by atoms with Crippen molar-refractivity contribution in [2.45, 2.75) is 46.1 Å². The Hall–Kier alpha value is -3.23. The molecule has 11 nitrogen and oxygen atoms in total. The van der Waals surface area contributed by atoms with Crippen LogP contribution in [-0.4, -0.2) is 106 Å². The lowest BCUT2D eigenvalue weighted by Gasteiger charge is -2.39. The van der Waals surface area contributed by atoms with Gasteiger partial charge in [0.05, 0.1) is 17.6 Å². The smallest absolute Gasteiger partial charge is 0.338 e. The van der Waals surface area contributed by atoms with Gasteiger partial charge in [-0.2, -0.15) is 0 Å². The molecule has 0 amide bonds. The van der Waals surface area contributed by atoms with E-state index in [2.05, 4.69) is 15.2 Å². The molecule has 226 valence electrons. The number of hydrogen-bond donors (Lipinski definition) is 3. The van der Waals surface area contributed by atoms with Gasteiger partial charge in [-0.3, -0.25) is 24.5 Å². The first kappa shape index (κ1) is 30.2. The number of carbonyl (C=O) groups is 2. The highest BCUT2D eigenvalue weighted by molar-refractivity contribution is 7.11. The van der Waals surface area contributed by atoms with Crippen molar-refractivity contribution in [3.63, 3.8) is 0 Å². The molecule has 0 spiro atoms. The van der Waals surface area contributed by atoms with Gasteiger partial charge in [0.1, 0.15) is 11.9 Å². The van der Waals surface area contributed by atoms with Crippen LogP contribution in [0.2, 0.25) is 0 Å². The van der Waals surface area contributed by atoms with Gasteiger partial charge in [-0.1, -0.05) is 12.1 Å². The Morgan fingerprint density at radius 1 is 1.26 bits per heavy atom. The number of halogens is 1. The zero-order valence-corrected chi connectivity index (χ0v) is 25.0. The van der Waals surface area contributed by atoms with E-state index in [0.29, 0.717) is 66.0 Å². The molecule has 3 N–H and O–H groups in total. The summed E-state index contributed by atoms with van der Waals surface area (Å²) in [4.78, 5) is 40.4. The van der Waals surface area contributed by atoms with Gasteiger partial charge in [-0.15, -0.1) is 11.3 Å². The number of thiazole rings is 1. The average molecular weight is 601 g/mol. The van der Waals surface area contributed by atoms with Crippen molar-refractivity contribution < 1.29 is 28.9 Å². The van der Waals surface area contributed by atoms with Crippen LogP contribution in [0, 0.1) is 18.2 Å². The first-order valence-corrected chi connectivity index (χ1v) is 14.9. The zero-order valence-electron chi connectivity index (χ0n) is 24.2. The molecule has 0 radical (unpaired) electrons. The number of aromatic nitrogens is 1. The molecule has 5 rings (SSSR count). The number of ether oxygens (including phenoxy) is 1. The van der Waals surface area contributed by atoms with Crippen molar-refractivity contribution in [3.8, 4) is 0 Å². The van der Waals surface area contributed by atoms with Crippen LogP contribution in [0.3, 0.4) is 0 Å². The number of aliphatic hydroxyl groups excluding tert-OH is 1. The lowest BCUT2D eigenvalue weighted by molar-refractivity contribution is -0.150. The second-order valence-electron chi connectivity index (χ2n) is 11.5. The third-order valence-corrected chi connectivity index (χ3v) is 8.88. The van der Waals surface area contributed by atoms with E-state index in [9.17, 15) is 24.2 Å². The molecule has 3 atom stereocenters. The molecule has 3 aliphatic rings. The van der Waals surface area contributed by atoms with Gasteiger partial charge in [-0.05, 0) is 44.9 Å². The molecule has 2 aromatic rings. The SMILES string of the molecule is CCOC(=O)C1=C(CN2CCN3C(C2)CN(CC(C)(C)C(=O)O)C3O)NC(c2nccs2)=NC1c1cccc(F)c1C. The van der Waals surface area contributed by atoms with Crippen molar-refractivity contribution in [1.29, 1.82) is 0 Å². The van der Waals surface area contributed by atoms with Crippen LogP contribution in [-0.2, 0) is 14.3 Å². The van der Waals surface area contributed by atoms with E-state index in [4.69, 9.17) is 9.73 Å². The molecule has 42 heavy (non-hydrogen) atoms. The number of carboxylic acid groups (broad SMARTS) is 1. The van der Waals surface area contributed by atoms with Crippen molar-refractivity contribution >= 4 is 29.1 Å². The zero-order chi connectivity index (χ0) is 30.2. The Kier molecular flexibility index (Phi) is 8.76. The fraction of sp³-hybridized carbons (Fsp3) is 0.517. The maximum atomic E-state index is 14.7. The van der Waals surface area contributed by atoms with Crippen LogP contribution >= 0.6 is 11.3 Å². The number of hydrogen-bond acceptors (Lipinski definition) is 11. The summed E-state index contributed by atoms with van der Waals surface area (Å²) in [6.07, 6.45) is 0.820. The predicted molar refractivity (Wildman–Crippen MR) is 155 cm³/mol. The maximum absolute atomic E-state index is 14.7. The van der Waals surface area contributed by atoms with Gasteiger partial charge in [-0.25, -0.2) is 14.2 Å². The van der Waals surface area contributed by atoms with E-state index in [-0.39, 0.29) is 25.0 Å². The van der Waals surface area contributed by atoms with E-state index < -0.39 is 29.7 Å². The molecule has 2 fully saturated rings. The Morgan fingerprint density at radius 2 is 2.05 bits per heavy atom. The van der Waals surface area contributed by atoms with Crippen molar-refractivity contribution in [3.05, 3.63) is 63.0 Å². The molecule has 0 bridgehead atoms. The standard InChI is InChI=1S/C29H37FN6O5S/c1-5-41-26(37)22-21(15-34-10-11-36-18(13-34)14-35(28(36)40)16-29(3,4)27(38)39)32-24(25-31-9-12-42-25)33-23(22)19-7-6-8-20(30)17(19)2/h6-9,12,18,23,28,40H,5,10-11,13-16H2,1-4H3,(H,32,33)(H,38,39). The third kappa shape index (κ3) is 5.97. The number of piperazine rings is 1. The van der Waals surface area contributed by atoms with Gasteiger partial charge in [0.2, 0.25) is 0 Å². The molecular formula is C29H37FN6O5S. The maximum Gasteiger partial charge on any atom is 0.338 e. The number of carbonyl (C=O) groups excluding carboxylic acids is 1. The number of nitrogens with one attached hydrogen (secondary N) is 1. The summed E-state index contributed by atoms with van der Waals surface area (Å²) < 4.78 is 20.2. The van der Waals surface area contributed by atoms with Gasteiger partial charge in [0.15, 0.2) is 17.2 Å². The minimum Gasteiger partial charge on any atom is -0.481 e. The third-order valence-electron chi connectivity index (χ3n) is 8.10. The topological polar surface area (TPSA) is 131 Å². The molecular weight excluding hydrogens is 563 g/mol. The lowest BCUT2D eigenvalue weighted by Crippen LogP contribution is -2.54. The van der Waals surface area contributed by atoms with Crippen LogP contribution in [0.15, 0.2) is 46.0 Å². The second kappa shape index (κ2) is 12.2. The van der Waals surface area contributed by atoms with Gasteiger partial charge < -0.3 is 20.3 Å². The van der Waals surface area contributed by atoms with Gasteiger partial charge >= 0.3 is 11.9 Å². The molecule has 3 aliphatic heterocycles. The number of fused-ring (bicyclic) bond motifs is 1. The lowest BCUT2D eigenvalue weighted by atomic mass is 9.92. The molecule has 1 aromatic heterocycles. The number of aliphatic carboxylic acids is 1. The van der Waals surface area contributed by atoms with Crippen molar-refractivity contribution in [1.82, 2.24) is 25.0 Å². The highest BCUT2D eigenvalue weighted by Crippen LogP contribution is 2.36. The second-order valence-corrected chi connectivity index (χ2v) is 12.4. The van der Waals surface area contributed by atoms with E-state index in [1.807, 2.05) is 10.3 Å². The van der Waals surface area contributed by atoms with E-state index in [1.54, 1.807) is 50.9 Å². The first-order chi connectivity index (χ1) is 20.0. The number of aliphatic hydroxyl groups is 1. The Bertz CT molecular complexity index is 1400. The number of benzene rings is 1. The normalized spacial score (nSPS) is 23.9. The fourth-order valence-electron chi connectivity index (χ4n) is 5.83. The van der Waals surface area contributed by atoms with Crippen LogP contribution in [0.25, 0.3) is 0 Å². The van der Waals surface area contributed by atoms with Crippen molar-refractivity contribution in [2.75, 3.05) is 45.9 Å². The Balaban J connectivity index is 1.45. The monoisotopic (exact) mass is 600 g/mol. The fourth-order valence-corrected chi connectivity index (χ4v) is 6.42. The van der Waals surface area contributed by atoms with Crippen molar-refractivity contribution in [2.24, 2.45) is 10.4 Å².